The van der Waals surface area contributed by atoms with Gasteiger partial charge in [0, 0.05) is 18.6 Å². The second kappa shape index (κ2) is 6.76. The molecule has 2 aliphatic heterocycles. The Morgan fingerprint density at radius 3 is 2.95 bits per heavy atom. The van der Waals surface area contributed by atoms with Gasteiger partial charge in [0.05, 0.1) is 12.7 Å². The molecule has 116 valence electrons. The Labute approximate surface area is 124 Å². The third-order valence-electron chi connectivity index (χ3n) is 5.74. The standard InChI is InChI=1S/C17H32N2O/c1-3-18-17(14-7-4-6-13(2)10-14)16-11-19-9-5-8-15(19)12-20-16/h13-18H,3-12H2,1-2H3. The molecule has 3 aliphatic rings. The molecule has 2 saturated heterocycles. The lowest BCUT2D eigenvalue weighted by molar-refractivity contribution is -0.0767. The lowest BCUT2D eigenvalue weighted by Gasteiger charge is -2.43. The average Bonchev–Trinajstić information content (AvgIpc) is 2.92. The summed E-state index contributed by atoms with van der Waals surface area (Å²) in [7, 11) is 0. The summed E-state index contributed by atoms with van der Waals surface area (Å²) in [4.78, 5) is 2.69. The van der Waals surface area contributed by atoms with E-state index in [1.54, 1.807) is 0 Å². The molecular formula is C17H32N2O. The molecular weight excluding hydrogens is 248 g/mol. The minimum absolute atomic E-state index is 0.416. The second-order valence-electron chi connectivity index (χ2n) is 7.28. The van der Waals surface area contributed by atoms with Crippen LogP contribution in [-0.2, 0) is 4.74 Å². The van der Waals surface area contributed by atoms with Crippen molar-refractivity contribution < 1.29 is 4.74 Å². The van der Waals surface area contributed by atoms with Crippen LogP contribution in [0.3, 0.4) is 0 Å². The van der Waals surface area contributed by atoms with Crippen molar-refractivity contribution in [1.29, 1.82) is 0 Å². The predicted octanol–water partition coefficient (Wildman–Crippen LogP) is 2.65. The molecule has 0 radical (unpaired) electrons. The van der Waals surface area contributed by atoms with Crippen LogP contribution in [0.2, 0.25) is 0 Å². The quantitative estimate of drug-likeness (QED) is 0.857. The van der Waals surface area contributed by atoms with Crippen molar-refractivity contribution in [3.8, 4) is 0 Å². The Bertz CT molecular complexity index is 309. The zero-order valence-corrected chi connectivity index (χ0v) is 13.3. The number of ether oxygens (including phenoxy) is 1. The summed E-state index contributed by atoms with van der Waals surface area (Å²) in [6.07, 6.45) is 8.75. The van der Waals surface area contributed by atoms with E-state index in [-0.39, 0.29) is 0 Å². The van der Waals surface area contributed by atoms with Gasteiger partial charge in [0.25, 0.3) is 0 Å². The molecule has 3 nitrogen and oxygen atoms in total. The highest BCUT2D eigenvalue weighted by atomic mass is 16.5. The van der Waals surface area contributed by atoms with E-state index in [2.05, 4.69) is 24.1 Å². The summed E-state index contributed by atoms with van der Waals surface area (Å²) >= 11 is 0. The first-order chi connectivity index (χ1) is 9.78. The van der Waals surface area contributed by atoms with Gasteiger partial charge in [-0.1, -0.05) is 26.7 Å². The molecule has 2 heterocycles. The molecule has 5 unspecified atom stereocenters. The van der Waals surface area contributed by atoms with E-state index in [0.29, 0.717) is 12.1 Å². The number of fused-ring (bicyclic) bond motifs is 1. The van der Waals surface area contributed by atoms with Crippen LogP contribution >= 0.6 is 0 Å². The maximum atomic E-state index is 6.29. The Morgan fingerprint density at radius 2 is 2.15 bits per heavy atom. The third-order valence-corrected chi connectivity index (χ3v) is 5.74. The molecule has 20 heavy (non-hydrogen) atoms. The summed E-state index contributed by atoms with van der Waals surface area (Å²) in [6.45, 7) is 9.15. The zero-order chi connectivity index (χ0) is 13.9. The van der Waals surface area contributed by atoms with Gasteiger partial charge in [-0.2, -0.15) is 0 Å². The van der Waals surface area contributed by atoms with Crippen molar-refractivity contribution in [2.75, 3.05) is 26.2 Å². The Morgan fingerprint density at radius 1 is 1.25 bits per heavy atom. The first-order valence-electron chi connectivity index (χ1n) is 8.87. The Balaban J connectivity index is 1.63. The summed E-state index contributed by atoms with van der Waals surface area (Å²) in [5.74, 6) is 1.72. The molecule has 3 fully saturated rings. The van der Waals surface area contributed by atoms with Crippen molar-refractivity contribution in [2.24, 2.45) is 11.8 Å². The highest BCUT2D eigenvalue weighted by Gasteiger charge is 2.39. The van der Waals surface area contributed by atoms with Gasteiger partial charge in [-0.25, -0.2) is 0 Å². The molecule has 0 aromatic heterocycles. The maximum Gasteiger partial charge on any atom is 0.0858 e. The Kier molecular flexibility index (Phi) is 5.00. The number of rotatable bonds is 4. The number of nitrogens with one attached hydrogen (secondary N) is 1. The molecule has 0 aromatic carbocycles. The largest absolute Gasteiger partial charge is 0.374 e. The van der Waals surface area contributed by atoms with Gasteiger partial charge in [0.1, 0.15) is 0 Å². The van der Waals surface area contributed by atoms with Gasteiger partial charge in [0.2, 0.25) is 0 Å². The molecule has 0 amide bonds. The molecule has 0 spiro atoms. The van der Waals surface area contributed by atoms with Crippen molar-refractivity contribution >= 4 is 0 Å². The smallest absolute Gasteiger partial charge is 0.0858 e. The van der Waals surface area contributed by atoms with Gasteiger partial charge in [0.15, 0.2) is 0 Å². The predicted molar refractivity (Wildman–Crippen MR) is 82.9 cm³/mol. The highest BCUT2D eigenvalue weighted by molar-refractivity contribution is 4.93. The van der Waals surface area contributed by atoms with Crippen LogP contribution < -0.4 is 5.32 Å². The van der Waals surface area contributed by atoms with E-state index in [9.17, 15) is 0 Å². The third kappa shape index (κ3) is 3.20. The van der Waals surface area contributed by atoms with E-state index < -0.39 is 0 Å². The lowest BCUT2D eigenvalue weighted by atomic mass is 9.76. The normalized spacial score (nSPS) is 40.5. The fraction of sp³-hybridized carbons (Fsp3) is 1.00. The zero-order valence-electron chi connectivity index (χ0n) is 13.3. The molecule has 1 saturated carbocycles. The molecule has 0 bridgehead atoms. The number of likely N-dealkylation sites (N-methyl/N-ethyl adjacent to an activating group) is 1. The molecule has 3 rings (SSSR count). The Hall–Kier alpha value is -0.120. The van der Waals surface area contributed by atoms with Crippen LogP contribution in [0.25, 0.3) is 0 Å². The van der Waals surface area contributed by atoms with Gasteiger partial charge < -0.3 is 10.1 Å². The van der Waals surface area contributed by atoms with Gasteiger partial charge in [-0.05, 0) is 50.6 Å². The van der Waals surface area contributed by atoms with Gasteiger partial charge in [-0.3, -0.25) is 4.90 Å². The van der Waals surface area contributed by atoms with Crippen LogP contribution in [0.15, 0.2) is 0 Å². The first kappa shape index (κ1) is 14.8. The summed E-state index contributed by atoms with van der Waals surface area (Å²) in [5.41, 5.74) is 0. The summed E-state index contributed by atoms with van der Waals surface area (Å²) < 4.78 is 6.29. The average molecular weight is 280 g/mol. The highest BCUT2D eigenvalue weighted by Crippen LogP contribution is 2.34. The van der Waals surface area contributed by atoms with Crippen LogP contribution in [-0.4, -0.2) is 49.3 Å². The summed E-state index contributed by atoms with van der Waals surface area (Å²) in [5, 5.41) is 3.77. The minimum atomic E-state index is 0.416. The molecule has 5 atom stereocenters. The molecule has 1 aliphatic carbocycles. The monoisotopic (exact) mass is 280 g/mol. The minimum Gasteiger partial charge on any atom is -0.374 e. The number of hydrogen-bond acceptors (Lipinski definition) is 3. The van der Waals surface area contributed by atoms with Crippen LogP contribution in [0.4, 0.5) is 0 Å². The number of hydrogen-bond donors (Lipinski definition) is 1. The van der Waals surface area contributed by atoms with Gasteiger partial charge in [-0.15, -0.1) is 0 Å². The van der Waals surface area contributed by atoms with E-state index in [0.717, 1.165) is 37.6 Å². The van der Waals surface area contributed by atoms with E-state index in [1.165, 1.54) is 45.1 Å². The van der Waals surface area contributed by atoms with Crippen LogP contribution in [0, 0.1) is 11.8 Å². The van der Waals surface area contributed by atoms with Crippen molar-refractivity contribution in [3.05, 3.63) is 0 Å². The lowest BCUT2D eigenvalue weighted by Crippen LogP contribution is -2.57. The van der Waals surface area contributed by atoms with E-state index >= 15 is 0 Å². The maximum absolute atomic E-state index is 6.29. The molecule has 1 N–H and O–H groups in total. The number of morpholine rings is 1. The van der Waals surface area contributed by atoms with Crippen LogP contribution in [0.1, 0.15) is 52.4 Å². The van der Waals surface area contributed by atoms with Crippen molar-refractivity contribution in [2.45, 2.75) is 70.6 Å². The number of nitrogens with zero attached hydrogens (tertiary/aromatic N) is 1. The topological polar surface area (TPSA) is 24.5 Å². The van der Waals surface area contributed by atoms with E-state index in [4.69, 9.17) is 4.74 Å². The summed E-state index contributed by atoms with van der Waals surface area (Å²) in [6, 6.07) is 1.29. The van der Waals surface area contributed by atoms with E-state index in [1.807, 2.05) is 0 Å². The van der Waals surface area contributed by atoms with Crippen molar-refractivity contribution in [1.82, 2.24) is 10.2 Å². The molecule has 0 aromatic rings. The SMILES string of the molecule is CCNC(C1CCCC(C)C1)C1CN2CCCC2CO1. The molecule has 3 heteroatoms. The van der Waals surface area contributed by atoms with Crippen LogP contribution in [0.5, 0.6) is 0 Å². The van der Waals surface area contributed by atoms with Crippen molar-refractivity contribution in [3.63, 3.8) is 0 Å². The fourth-order valence-electron chi connectivity index (χ4n) is 4.70. The second-order valence-corrected chi connectivity index (χ2v) is 7.28. The van der Waals surface area contributed by atoms with Gasteiger partial charge >= 0.3 is 0 Å². The first-order valence-corrected chi connectivity index (χ1v) is 8.87. The fourth-order valence-corrected chi connectivity index (χ4v) is 4.70.